The third kappa shape index (κ3) is 5.76. The highest BCUT2D eigenvalue weighted by Gasteiger charge is 2.21. The van der Waals surface area contributed by atoms with E-state index in [1.54, 1.807) is 12.3 Å². The number of carbonyl (C=O) groups excluding carboxylic acids is 1. The van der Waals surface area contributed by atoms with Crippen LogP contribution in [-0.4, -0.2) is 51.1 Å². The number of ether oxygens (including phenoxy) is 3. The van der Waals surface area contributed by atoms with Gasteiger partial charge in [0.1, 0.15) is 35.0 Å². The summed E-state index contributed by atoms with van der Waals surface area (Å²) in [5.41, 5.74) is 1.10. The lowest BCUT2D eigenvalue weighted by atomic mass is 10.1. The summed E-state index contributed by atoms with van der Waals surface area (Å²) in [6.45, 7) is 3.82. The van der Waals surface area contributed by atoms with Crippen molar-refractivity contribution in [1.29, 1.82) is 0 Å². The second kappa shape index (κ2) is 10.7. The molecule has 30 heavy (non-hydrogen) atoms. The fraction of sp³-hybridized carbons (Fsp3) is 0.375. The number of fused-ring (bicyclic) bond motifs is 1. The van der Waals surface area contributed by atoms with Crippen LogP contribution in [0, 0.1) is 0 Å². The molecule has 0 aliphatic carbocycles. The molecule has 0 bridgehead atoms. The third-order valence-electron chi connectivity index (χ3n) is 4.62. The number of benzene rings is 2. The molecule has 0 aliphatic rings. The first-order valence-corrected chi connectivity index (χ1v) is 10.2. The van der Waals surface area contributed by atoms with Crippen LogP contribution in [0.3, 0.4) is 0 Å². The summed E-state index contributed by atoms with van der Waals surface area (Å²) < 4.78 is 23.2. The van der Waals surface area contributed by atoms with Crippen molar-refractivity contribution in [3.8, 4) is 17.2 Å². The van der Waals surface area contributed by atoms with Crippen LogP contribution in [0.25, 0.3) is 11.0 Å². The minimum atomic E-state index is -0.0969. The first-order chi connectivity index (χ1) is 14.6. The van der Waals surface area contributed by atoms with Crippen molar-refractivity contribution in [3.63, 3.8) is 0 Å². The number of Topliss-reactive ketones (excluding diaryl/α,β-unsaturated/α-hetero) is 1. The second-order valence-electron chi connectivity index (χ2n) is 7.34. The zero-order chi connectivity index (χ0) is 21.3. The first-order valence-electron chi connectivity index (χ1n) is 10.2. The molecule has 6 nitrogen and oxygen atoms in total. The Labute approximate surface area is 177 Å². The van der Waals surface area contributed by atoms with Gasteiger partial charge in [-0.25, -0.2) is 0 Å². The Morgan fingerprint density at radius 3 is 2.40 bits per heavy atom. The van der Waals surface area contributed by atoms with Crippen molar-refractivity contribution >= 4 is 16.8 Å². The number of rotatable bonds is 12. The van der Waals surface area contributed by atoms with E-state index in [0.29, 0.717) is 42.5 Å². The van der Waals surface area contributed by atoms with Gasteiger partial charge in [0.15, 0.2) is 5.78 Å². The molecule has 0 saturated carbocycles. The molecule has 6 heteroatoms. The minimum Gasteiger partial charge on any atom is -0.494 e. The molecule has 1 aromatic heterocycles. The van der Waals surface area contributed by atoms with Gasteiger partial charge in [-0.3, -0.25) is 4.79 Å². The molecule has 0 saturated heterocycles. The molecular weight excluding hydrogens is 382 g/mol. The number of ketones is 1. The number of hydrogen-bond donors (Lipinski definition) is 0. The minimum absolute atomic E-state index is 0.0969. The molecular formula is C24H29NO5. The van der Waals surface area contributed by atoms with Crippen LogP contribution < -0.4 is 14.2 Å². The Bertz CT molecular complexity index is 949. The van der Waals surface area contributed by atoms with Crippen molar-refractivity contribution in [2.75, 3.05) is 40.5 Å². The van der Waals surface area contributed by atoms with Gasteiger partial charge in [-0.15, -0.1) is 0 Å². The number of unbranched alkanes of at least 4 members (excludes halogenated alkanes) is 1. The van der Waals surface area contributed by atoms with Crippen LogP contribution in [0.4, 0.5) is 0 Å². The SMILES string of the molecule is CC(=O)c1c(OCCN(C)C)cc2occc2c1OCCCCOc1ccccc1. The lowest BCUT2D eigenvalue weighted by Crippen LogP contribution is -2.20. The number of carbonyl (C=O) groups is 1. The van der Waals surface area contributed by atoms with E-state index in [1.807, 2.05) is 55.4 Å². The molecule has 1 heterocycles. The highest BCUT2D eigenvalue weighted by molar-refractivity contribution is 6.05. The Balaban J connectivity index is 1.64. The molecule has 0 radical (unpaired) electrons. The number of hydrogen-bond acceptors (Lipinski definition) is 6. The summed E-state index contributed by atoms with van der Waals surface area (Å²) in [6, 6.07) is 13.3. The van der Waals surface area contributed by atoms with Crippen LogP contribution in [0.2, 0.25) is 0 Å². The fourth-order valence-corrected chi connectivity index (χ4v) is 3.08. The zero-order valence-electron chi connectivity index (χ0n) is 17.8. The number of nitrogens with zero attached hydrogens (tertiary/aromatic N) is 1. The molecule has 3 rings (SSSR count). The molecule has 0 aliphatic heterocycles. The molecule has 0 unspecified atom stereocenters. The van der Waals surface area contributed by atoms with E-state index in [9.17, 15) is 4.79 Å². The van der Waals surface area contributed by atoms with Gasteiger partial charge in [0.2, 0.25) is 0 Å². The predicted molar refractivity (Wildman–Crippen MR) is 117 cm³/mol. The van der Waals surface area contributed by atoms with Crippen molar-refractivity contribution in [2.45, 2.75) is 19.8 Å². The molecule has 2 aromatic carbocycles. The number of para-hydroxylation sites is 1. The fourth-order valence-electron chi connectivity index (χ4n) is 3.08. The maximum atomic E-state index is 12.4. The lowest BCUT2D eigenvalue weighted by Gasteiger charge is -2.17. The maximum absolute atomic E-state index is 12.4. The third-order valence-corrected chi connectivity index (χ3v) is 4.62. The van der Waals surface area contributed by atoms with Gasteiger partial charge >= 0.3 is 0 Å². The van der Waals surface area contributed by atoms with E-state index in [2.05, 4.69) is 0 Å². The maximum Gasteiger partial charge on any atom is 0.167 e. The topological polar surface area (TPSA) is 61.1 Å². The monoisotopic (exact) mass is 411 g/mol. The van der Waals surface area contributed by atoms with Crippen LogP contribution in [0.15, 0.2) is 53.1 Å². The summed E-state index contributed by atoms with van der Waals surface area (Å²) in [5.74, 6) is 1.78. The Hall–Kier alpha value is -2.99. The summed E-state index contributed by atoms with van der Waals surface area (Å²) in [4.78, 5) is 14.4. The molecule has 3 aromatic rings. The zero-order valence-corrected chi connectivity index (χ0v) is 17.8. The highest BCUT2D eigenvalue weighted by atomic mass is 16.5. The van der Waals surface area contributed by atoms with E-state index in [1.165, 1.54) is 6.92 Å². The Morgan fingerprint density at radius 1 is 0.967 bits per heavy atom. The number of likely N-dealkylation sites (N-methyl/N-ethyl adjacent to an activating group) is 1. The summed E-state index contributed by atoms with van der Waals surface area (Å²) in [6.07, 6.45) is 3.24. The smallest absolute Gasteiger partial charge is 0.167 e. The largest absolute Gasteiger partial charge is 0.494 e. The molecule has 0 fully saturated rings. The van der Waals surface area contributed by atoms with Crippen molar-refractivity contribution in [1.82, 2.24) is 4.90 Å². The average Bonchev–Trinajstić information content (AvgIpc) is 3.19. The molecule has 0 amide bonds. The lowest BCUT2D eigenvalue weighted by molar-refractivity contribution is 0.100. The van der Waals surface area contributed by atoms with Gasteiger partial charge < -0.3 is 23.5 Å². The van der Waals surface area contributed by atoms with Gasteiger partial charge in [0.05, 0.1) is 24.9 Å². The van der Waals surface area contributed by atoms with Gasteiger partial charge in [0, 0.05) is 12.6 Å². The van der Waals surface area contributed by atoms with Gasteiger partial charge in [0.25, 0.3) is 0 Å². The van der Waals surface area contributed by atoms with E-state index >= 15 is 0 Å². The van der Waals surface area contributed by atoms with E-state index in [-0.39, 0.29) is 5.78 Å². The van der Waals surface area contributed by atoms with E-state index in [0.717, 1.165) is 30.5 Å². The van der Waals surface area contributed by atoms with Gasteiger partial charge in [-0.05, 0) is 52.1 Å². The van der Waals surface area contributed by atoms with Crippen molar-refractivity contribution in [3.05, 3.63) is 54.3 Å². The van der Waals surface area contributed by atoms with Gasteiger partial charge in [-0.1, -0.05) is 18.2 Å². The highest BCUT2D eigenvalue weighted by Crippen LogP contribution is 2.38. The average molecular weight is 411 g/mol. The van der Waals surface area contributed by atoms with Crippen LogP contribution in [0.5, 0.6) is 17.2 Å². The molecule has 160 valence electrons. The van der Waals surface area contributed by atoms with E-state index in [4.69, 9.17) is 18.6 Å². The predicted octanol–water partition coefficient (Wildman–Crippen LogP) is 4.81. The summed E-state index contributed by atoms with van der Waals surface area (Å²) >= 11 is 0. The normalized spacial score (nSPS) is 11.1. The van der Waals surface area contributed by atoms with Crippen molar-refractivity contribution < 1.29 is 23.4 Å². The molecule has 0 N–H and O–H groups in total. The van der Waals surface area contributed by atoms with Crippen LogP contribution >= 0.6 is 0 Å². The standard InChI is InChI=1S/C24H29NO5/c1-18(26)23-22(29-16-12-25(2)3)17-21-20(11-15-28-21)24(23)30-14-8-7-13-27-19-9-5-4-6-10-19/h4-6,9-11,15,17H,7-8,12-14,16H2,1-3H3. The number of furan rings is 1. The molecule has 0 spiro atoms. The Kier molecular flexibility index (Phi) is 7.74. The summed E-state index contributed by atoms with van der Waals surface area (Å²) in [7, 11) is 3.95. The van der Waals surface area contributed by atoms with Crippen molar-refractivity contribution in [2.24, 2.45) is 0 Å². The quantitative estimate of drug-likeness (QED) is 0.315. The van der Waals surface area contributed by atoms with E-state index < -0.39 is 0 Å². The molecule has 0 atom stereocenters. The van der Waals surface area contributed by atoms with Crippen LogP contribution in [-0.2, 0) is 0 Å². The van der Waals surface area contributed by atoms with Crippen LogP contribution in [0.1, 0.15) is 30.1 Å². The first kappa shape index (κ1) is 21.7. The second-order valence-corrected chi connectivity index (χ2v) is 7.34. The van der Waals surface area contributed by atoms with Gasteiger partial charge in [-0.2, -0.15) is 0 Å². The Morgan fingerprint density at radius 2 is 1.70 bits per heavy atom. The summed E-state index contributed by atoms with van der Waals surface area (Å²) in [5, 5.41) is 0.778.